The third kappa shape index (κ3) is 8.73. The predicted molar refractivity (Wildman–Crippen MR) is 50.7 cm³/mol. The van der Waals surface area contributed by atoms with Crippen LogP contribution >= 0.6 is 31.9 Å². The average molecular weight is 294 g/mol. The Morgan fingerprint density at radius 3 is 2.36 bits per heavy atom. The molecule has 0 spiro atoms. The molecule has 0 saturated carbocycles. The Morgan fingerprint density at radius 1 is 1.45 bits per heavy atom. The maximum absolute atomic E-state index is 12.3. The molecule has 0 heterocycles. The first kappa shape index (κ1) is 11.8. The topological polar surface area (TPSA) is 0 Å². The molecule has 0 aromatic rings. The summed E-state index contributed by atoms with van der Waals surface area (Å²) in [6.45, 7) is 2.05. The van der Waals surface area contributed by atoms with Crippen molar-refractivity contribution in [3.8, 4) is 0 Å². The van der Waals surface area contributed by atoms with E-state index in [1.165, 1.54) is 0 Å². The number of rotatable bonds is 5. The minimum absolute atomic E-state index is 0.0724. The lowest BCUT2D eigenvalue weighted by atomic mass is 10.2. The van der Waals surface area contributed by atoms with Gasteiger partial charge in [-0.3, -0.25) is 0 Å². The van der Waals surface area contributed by atoms with Crippen LogP contribution in [0.15, 0.2) is 0 Å². The molecule has 0 radical (unpaired) electrons. The van der Waals surface area contributed by atoms with Crippen LogP contribution in [0.1, 0.15) is 32.6 Å². The molecule has 0 fully saturated rings. The summed E-state index contributed by atoms with van der Waals surface area (Å²) in [5.74, 6) is 0. The normalized spacial score (nSPS) is 15.0. The van der Waals surface area contributed by atoms with Gasteiger partial charge >= 0.3 is 4.83 Å². The van der Waals surface area contributed by atoms with Crippen LogP contribution in [-0.2, 0) is 0 Å². The van der Waals surface area contributed by atoms with Gasteiger partial charge in [0.05, 0.1) is 0 Å². The van der Waals surface area contributed by atoms with Crippen LogP contribution in [0.25, 0.3) is 0 Å². The first-order chi connectivity index (χ1) is 4.95. The second-order valence-corrected chi connectivity index (χ2v) is 5.01. The van der Waals surface area contributed by atoms with Crippen molar-refractivity contribution in [2.75, 3.05) is 0 Å². The van der Waals surface area contributed by atoms with Crippen LogP contribution in [0, 0.1) is 0 Å². The van der Waals surface area contributed by atoms with E-state index in [-0.39, 0.29) is 11.2 Å². The molecule has 68 valence electrons. The van der Waals surface area contributed by atoms with Crippen molar-refractivity contribution in [2.24, 2.45) is 0 Å². The van der Waals surface area contributed by atoms with Gasteiger partial charge in [0.2, 0.25) is 0 Å². The second-order valence-electron chi connectivity index (χ2n) is 2.56. The van der Waals surface area contributed by atoms with Crippen LogP contribution in [0.4, 0.5) is 8.78 Å². The third-order valence-corrected chi connectivity index (χ3v) is 2.43. The van der Waals surface area contributed by atoms with Crippen molar-refractivity contribution in [2.45, 2.75) is 42.3 Å². The number of hydrogen-bond donors (Lipinski definition) is 0. The highest BCUT2D eigenvalue weighted by atomic mass is 79.9. The highest BCUT2D eigenvalue weighted by molar-refractivity contribution is 9.10. The zero-order chi connectivity index (χ0) is 8.91. The molecule has 0 saturated heterocycles. The zero-order valence-corrected chi connectivity index (χ0v) is 9.59. The van der Waals surface area contributed by atoms with Gasteiger partial charge in [-0.15, -0.1) is 0 Å². The summed E-state index contributed by atoms with van der Waals surface area (Å²) < 4.78 is 24.6. The van der Waals surface area contributed by atoms with Crippen molar-refractivity contribution in [3.63, 3.8) is 0 Å². The Hall–Kier alpha value is 0.820. The van der Waals surface area contributed by atoms with E-state index < -0.39 is 4.83 Å². The van der Waals surface area contributed by atoms with Crippen molar-refractivity contribution in [3.05, 3.63) is 0 Å². The lowest BCUT2D eigenvalue weighted by molar-refractivity contribution is 0.103. The molecular weight excluding hydrogens is 282 g/mol. The van der Waals surface area contributed by atoms with Gasteiger partial charge in [0.15, 0.2) is 0 Å². The van der Waals surface area contributed by atoms with Crippen molar-refractivity contribution in [1.29, 1.82) is 0 Å². The van der Waals surface area contributed by atoms with Crippen molar-refractivity contribution < 1.29 is 8.78 Å². The standard InChI is InChI=1S/C7H12Br2F2/c1-2-3-4-6(8)5-7(9,10)11/h6H,2-5H2,1H3/t6-/m0/s1. The van der Waals surface area contributed by atoms with E-state index in [0.29, 0.717) is 0 Å². The summed E-state index contributed by atoms with van der Waals surface area (Å²) in [5, 5.41) is 0. The molecule has 0 unspecified atom stereocenters. The smallest absolute Gasteiger partial charge is 0.194 e. The SMILES string of the molecule is CCCC[C@H](Br)CC(F)(F)Br. The van der Waals surface area contributed by atoms with Crippen LogP contribution < -0.4 is 0 Å². The molecule has 0 aliphatic rings. The van der Waals surface area contributed by atoms with Gasteiger partial charge < -0.3 is 0 Å². The number of hydrogen-bond acceptors (Lipinski definition) is 0. The van der Waals surface area contributed by atoms with Gasteiger partial charge in [-0.05, 0) is 22.4 Å². The maximum Gasteiger partial charge on any atom is 0.302 e. The van der Waals surface area contributed by atoms with E-state index in [1.807, 2.05) is 6.92 Å². The van der Waals surface area contributed by atoms with Gasteiger partial charge in [-0.25, -0.2) is 0 Å². The van der Waals surface area contributed by atoms with E-state index in [0.717, 1.165) is 19.3 Å². The minimum Gasteiger partial charge on any atom is -0.194 e. The van der Waals surface area contributed by atoms with Gasteiger partial charge in [-0.1, -0.05) is 35.7 Å². The monoisotopic (exact) mass is 292 g/mol. The molecule has 0 rings (SSSR count). The summed E-state index contributed by atoms with van der Waals surface area (Å²) in [6, 6.07) is 0. The van der Waals surface area contributed by atoms with E-state index in [9.17, 15) is 8.78 Å². The highest BCUT2D eigenvalue weighted by Crippen LogP contribution is 2.31. The summed E-state index contributed by atoms with van der Waals surface area (Å²) in [7, 11) is 0. The first-order valence-corrected chi connectivity index (χ1v) is 5.37. The lowest BCUT2D eigenvalue weighted by Crippen LogP contribution is -2.12. The van der Waals surface area contributed by atoms with Gasteiger partial charge in [0.1, 0.15) is 0 Å². The van der Waals surface area contributed by atoms with Crippen molar-refractivity contribution >= 4 is 31.9 Å². The Kier molecular flexibility index (Phi) is 5.87. The van der Waals surface area contributed by atoms with E-state index >= 15 is 0 Å². The second kappa shape index (κ2) is 5.46. The van der Waals surface area contributed by atoms with Crippen LogP contribution in [0.5, 0.6) is 0 Å². The lowest BCUT2D eigenvalue weighted by Gasteiger charge is -2.12. The van der Waals surface area contributed by atoms with Gasteiger partial charge in [-0.2, -0.15) is 8.78 Å². The van der Waals surface area contributed by atoms with Gasteiger partial charge in [0.25, 0.3) is 0 Å². The summed E-state index contributed by atoms with van der Waals surface area (Å²) in [5.41, 5.74) is 0. The van der Waals surface area contributed by atoms with Crippen molar-refractivity contribution in [1.82, 2.24) is 0 Å². The first-order valence-electron chi connectivity index (χ1n) is 3.66. The fourth-order valence-corrected chi connectivity index (χ4v) is 2.33. The molecule has 0 bridgehead atoms. The molecule has 0 N–H and O–H groups in total. The molecule has 0 amide bonds. The zero-order valence-electron chi connectivity index (χ0n) is 6.42. The fourth-order valence-electron chi connectivity index (χ4n) is 0.779. The quantitative estimate of drug-likeness (QED) is 0.662. The number of unbranched alkanes of at least 4 members (excludes halogenated alkanes) is 1. The Bertz CT molecular complexity index is 101. The molecule has 0 aromatic heterocycles. The molecule has 4 heteroatoms. The maximum atomic E-state index is 12.3. The van der Waals surface area contributed by atoms with Crippen LogP contribution in [0.3, 0.4) is 0 Å². The molecule has 0 aliphatic heterocycles. The molecule has 1 atom stereocenters. The fraction of sp³-hybridized carbons (Fsp3) is 1.00. The van der Waals surface area contributed by atoms with E-state index in [2.05, 4.69) is 31.9 Å². The highest BCUT2D eigenvalue weighted by Gasteiger charge is 2.27. The number of alkyl halides is 4. The Balaban J connectivity index is 3.44. The Labute approximate surface area is 83.0 Å². The van der Waals surface area contributed by atoms with Gasteiger partial charge in [0, 0.05) is 11.2 Å². The molecule has 11 heavy (non-hydrogen) atoms. The predicted octanol–water partition coefficient (Wildman–Crippen LogP) is 4.32. The average Bonchev–Trinajstić information content (AvgIpc) is 1.79. The Morgan fingerprint density at radius 2 is 2.00 bits per heavy atom. The van der Waals surface area contributed by atoms with E-state index in [4.69, 9.17) is 0 Å². The number of halogens is 4. The third-order valence-electron chi connectivity index (χ3n) is 1.32. The molecule has 0 nitrogen and oxygen atoms in total. The largest absolute Gasteiger partial charge is 0.302 e. The van der Waals surface area contributed by atoms with Crippen LogP contribution in [-0.4, -0.2) is 9.66 Å². The molecule has 0 aromatic carbocycles. The summed E-state index contributed by atoms with van der Waals surface area (Å²) in [4.78, 5) is -2.79. The van der Waals surface area contributed by atoms with E-state index in [1.54, 1.807) is 0 Å². The minimum atomic E-state index is -2.71. The van der Waals surface area contributed by atoms with Crippen LogP contribution in [0.2, 0.25) is 0 Å². The summed E-state index contributed by atoms with van der Waals surface area (Å²) in [6.07, 6.45) is 2.74. The summed E-state index contributed by atoms with van der Waals surface area (Å²) >= 11 is 5.51. The molecular formula is C7H12Br2F2. The molecule has 0 aliphatic carbocycles.